The molecule has 0 unspecified atom stereocenters. The van der Waals surface area contributed by atoms with Crippen LogP contribution < -0.4 is 0 Å². The first kappa shape index (κ1) is 9.53. The standard InChI is InChI=1S/C12H16O2/c13-9-12(6-1-7-12)8-10-2-4-11(14)5-3-10/h2-5,13-14H,1,6-9H2. The van der Waals surface area contributed by atoms with Gasteiger partial charge < -0.3 is 10.2 Å². The fraction of sp³-hybridized carbons (Fsp3) is 0.500. The van der Waals surface area contributed by atoms with Gasteiger partial charge in [-0.25, -0.2) is 0 Å². The van der Waals surface area contributed by atoms with Gasteiger partial charge in [0.15, 0.2) is 0 Å². The normalized spacial score (nSPS) is 18.9. The summed E-state index contributed by atoms with van der Waals surface area (Å²) in [5.74, 6) is 0.306. The molecule has 0 spiro atoms. The Morgan fingerprint density at radius 3 is 2.21 bits per heavy atom. The molecule has 0 radical (unpaired) electrons. The summed E-state index contributed by atoms with van der Waals surface area (Å²) in [5, 5.41) is 18.4. The Labute approximate surface area is 84.2 Å². The van der Waals surface area contributed by atoms with Crippen LogP contribution in [0.4, 0.5) is 0 Å². The highest BCUT2D eigenvalue weighted by Crippen LogP contribution is 2.43. The van der Waals surface area contributed by atoms with E-state index in [9.17, 15) is 5.11 Å². The third-order valence-corrected chi connectivity index (χ3v) is 3.27. The maximum atomic E-state index is 9.30. The Morgan fingerprint density at radius 2 is 1.79 bits per heavy atom. The van der Waals surface area contributed by atoms with Gasteiger partial charge in [0.2, 0.25) is 0 Å². The minimum atomic E-state index is 0.136. The maximum absolute atomic E-state index is 9.30. The van der Waals surface area contributed by atoms with Gasteiger partial charge in [0, 0.05) is 6.61 Å². The second kappa shape index (κ2) is 3.62. The average Bonchev–Trinajstić information content (AvgIpc) is 2.15. The van der Waals surface area contributed by atoms with Crippen LogP contribution in [0.25, 0.3) is 0 Å². The van der Waals surface area contributed by atoms with E-state index in [1.807, 2.05) is 12.1 Å². The highest BCUT2D eigenvalue weighted by molar-refractivity contribution is 5.27. The van der Waals surface area contributed by atoms with Gasteiger partial charge in [-0.15, -0.1) is 0 Å². The van der Waals surface area contributed by atoms with Crippen molar-refractivity contribution in [3.63, 3.8) is 0 Å². The Balaban J connectivity index is 2.06. The van der Waals surface area contributed by atoms with Crippen LogP contribution in [0.1, 0.15) is 24.8 Å². The van der Waals surface area contributed by atoms with E-state index < -0.39 is 0 Å². The molecule has 0 amide bonds. The molecule has 0 aliphatic heterocycles. The summed E-state index contributed by atoms with van der Waals surface area (Å²) in [5.41, 5.74) is 1.34. The van der Waals surface area contributed by atoms with Crippen molar-refractivity contribution >= 4 is 0 Å². The molecule has 1 aromatic carbocycles. The van der Waals surface area contributed by atoms with E-state index in [0.717, 1.165) is 19.3 Å². The van der Waals surface area contributed by atoms with Crippen molar-refractivity contribution in [1.82, 2.24) is 0 Å². The van der Waals surface area contributed by atoms with E-state index in [4.69, 9.17) is 5.11 Å². The van der Waals surface area contributed by atoms with E-state index >= 15 is 0 Å². The molecule has 1 aromatic rings. The van der Waals surface area contributed by atoms with E-state index in [1.54, 1.807) is 12.1 Å². The van der Waals surface area contributed by atoms with Gasteiger partial charge in [-0.3, -0.25) is 0 Å². The zero-order chi connectivity index (χ0) is 10.0. The van der Waals surface area contributed by atoms with Crippen molar-refractivity contribution < 1.29 is 10.2 Å². The van der Waals surface area contributed by atoms with Crippen LogP contribution in [0.3, 0.4) is 0 Å². The van der Waals surface area contributed by atoms with Gasteiger partial charge in [-0.1, -0.05) is 18.6 Å². The molecule has 1 fully saturated rings. The monoisotopic (exact) mass is 192 g/mol. The summed E-state index contributed by atoms with van der Waals surface area (Å²) in [7, 11) is 0. The van der Waals surface area contributed by atoms with Crippen molar-refractivity contribution in [3.05, 3.63) is 29.8 Å². The third kappa shape index (κ3) is 1.75. The molecule has 1 saturated carbocycles. The quantitative estimate of drug-likeness (QED) is 0.770. The minimum Gasteiger partial charge on any atom is -0.508 e. The SMILES string of the molecule is OCC1(Cc2ccc(O)cc2)CCC1. The number of hydrogen-bond acceptors (Lipinski definition) is 2. The van der Waals surface area contributed by atoms with Gasteiger partial charge in [0.25, 0.3) is 0 Å². The number of benzene rings is 1. The summed E-state index contributed by atoms with van der Waals surface area (Å²) in [4.78, 5) is 0. The first-order chi connectivity index (χ1) is 6.74. The summed E-state index contributed by atoms with van der Waals surface area (Å²) >= 11 is 0. The number of aliphatic hydroxyl groups excluding tert-OH is 1. The highest BCUT2D eigenvalue weighted by atomic mass is 16.3. The average molecular weight is 192 g/mol. The molecule has 2 rings (SSSR count). The van der Waals surface area contributed by atoms with Crippen LogP contribution in [0.15, 0.2) is 24.3 Å². The van der Waals surface area contributed by atoms with Crippen LogP contribution >= 0.6 is 0 Å². The molecule has 0 saturated heterocycles. The Hall–Kier alpha value is -1.02. The second-order valence-electron chi connectivity index (χ2n) is 4.35. The number of phenolic OH excluding ortho intramolecular Hbond substituents is 1. The van der Waals surface area contributed by atoms with E-state index in [2.05, 4.69) is 0 Å². The number of hydrogen-bond donors (Lipinski definition) is 2. The van der Waals surface area contributed by atoms with Crippen LogP contribution in [0.2, 0.25) is 0 Å². The number of aliphatic hydroxyl groups is 1. The molecule has 1 aliphatic carbocycles. The van der Waals surface area contributed by atoms with Gasteiger partial charge in [0.1, 0.15) is 5.75 Å². The van der Waals surface area contributed by atoms with E-state index in [-0.39, 0.29) is 12.0 Å². The summed E-state index contributed by atoms with van der Waals surface area (Å²) in [6, 6.07) is 7.29. The Kier molecular flexibility index (Phi) is 2.46. The molecule has 2 N–H and O–H groups in total. The number of aromatic hydroxyl groups is 1. The molecular formula is C12H16O2. The van der Waals surface area contributed by atoms with Crippen molar-refractivity contribution in [2.24, 2.45) is 5.41 Å². The Bertz CT molecular complexity index is 293. The number of rotatable bonds is 3. The molecule has 0 aromatic heterocycles. The molecule has 2 heteroatoms. The fourth-order valence-corrected chi connectivity index (χ4v) is 2.11. The predicted molar refractivity (Wildman–Crippen MR) is 55.2 cm³/mol. The van der Waals surface area contributed by atoms with Gasteiger partial charge >= 0.3 is 0 Å². The van der Waals surface area contributed by atoms with Crippen LogP contribution in [0.5, 0.6) is 5.75 Å². The van der Waals surface area contributed by atoms with Crippen molar-refractivity contribution in [1.29, 1.82) is 0 Å². The van der Waals surface area contributed by atoms with Gasteiger partial charge in [-0.2, -0.15) is 0 Å². The molecule has 0 atom stereocenters. The topological polar surface area (TPSA) is 40.5 Å². The second-order valence-corrected chi connectivity index (χ2v) is 4.35. The molecule has 14 heavy (non-hydrogen) atoms. The largest absolute Gasteiger partial charge is 0.508 e. The zero-order valence-electron chi connectivity index (χ0n) is 8.24. The van der Waals surface area contributed by atoms with Crippen LogP contribution in [-0.2, 0) is 6.42 Å². The molecule has 1 aliphatic rings. The lowest BCUT2D eigenvalue weighted by molar-refractivity contribution is 0.0450. The van der Waals surface area contributed by atoms with Crippen LogP contribution in [-0.4, -0.2) is 16.8 Å². The minimum absolute atomic E-state index is 0.136. The maximum Gasteiger partial charge on any atom is 0.115 e. The zero-order valence-corrected chi connectivity index (χ0v) is 8.24. The molecule has 2 nitrogen and oxygen atoms in total. The lowest BCUT2D eigenvalue weighted by atomic mass is 9.66. The van der Waals surface area contributed by atoms with Crippen molar-refractivity contribution in [2.45, 2.75) is 25.7 Å². The molecule has 0 bridgehead atoms. The van der Waals surface area contributed by atoms with Crippen LogP contribution in [0, 0.1) is 5.41 Å². The van der Waals surface area contributed by atoms with E-state index in [0.29, 0.717) is 5.75 Å². The first-order valence-corrected chi connectivity index (χ1v) is 5.13. The van der Waals surface area contributed by atoms with Gasteiger partial charge in [-0.05, 0) is 42.4 Å². The summed E-state index contributed by atoms with van der Waals surface area (Å²) in [6.07, 6.45) is 4.43. The van der Waals surface area contributed by atoms with Gasteiger partial charge in [0.05, 0.1) is 0 Å². The molecule has 0 heterocycles. The highest BCUT2D eigenvalue weighted by Gasteiger charge is 2.36. The predicted octanol–water partition coefficient (Wildman–Crippen LogP) is 2.10. The lowest BCUT2D eigenvalue weighted by Crippen LogP contribution is -2.35. The van der Waals surface area contributed by atoms with Crippen molar-refractivity contribution in [3.8, 4) is 5.75 Å². The lowest BCUT2D eigenvalue weighted by Gasteiger charge is -2.40. The van der Waals surface area contributed by atoms with Crippen molar-refractivity contribution in [2.75, 3.05) is 6.61 Å². The first-order valence-electron chi connectivity index (χ1n) is 5.13. The van der Waals surface area contributed by atoms with E-state index in [1.165, 1.54) is 12.0 Å². The summed E-state index contributed by atoms with van der Waals surface area (Å²) < 4.78 is 0. The number of phenols is 1. The molecular weight excluding hydrogens is 176 g/mol. The third-order valence-electron chi connectivity index (χ3n) is 3.27. The summed E-state index contributed by atoms with van der Waals surface area (Å²) in [6.45, 7) is 0.286. The fourth-order valence-electron chi connectivity index (χ4n) is 2.11. The Morgan fingerprint density at radius 1 is 1.14 bits per heavy atom. The smallest absolute Gasteiger partial charge is 0.115 e. The molecule has 76 valence electrons.